The van der Waals surface area contributed by atoms with Crippen LogP contribution in [0.1, 0.15) is 29.9 Å². The van der Waals surface area contributed by atoms with Crippen LogP contribution in [0.4, 0.5) is 0 Å². The standard InChI is InChI=1S/C17H23BrN2S/c1-13(2)20(3)11-15-6-4-5-14(7-15)9-19-10-17-8-16(18)12-21-17/h4-8,12-13,19H,9-11H2,1-3H3. The fourth-order valence-corrected chi connectivity index (χ4v) is 3.51. The van der Waals surface area contributed by atoms with Gasteiger partial charge in [0.2, 0.25) is 0 Å². The van der Waals surface area contributed by atoms with Crippen LogP contribution in [0, 0.1) is 0 Å². The van der Waals surface area contributed by atoms with Gasteiger partial charge in [0.25, 0.3) is 0 Å². The van der Waals surface area contributed by atoms with Crippen molar-refractivity contribution in [1.82, 2.24) is 10.2 Å². The number of hydrogen-bond donors (Lipinski definition) is 1. The summed E-state index contributed by atoms with van der Waals surface area (Å²) in [6.45, 7) is 7.29. The van der Waals surface area contributed by atoms with E-state index in [-0.39, 0.29) is 0 Å². The lowest BCUT2D eigenvalue weighted by atomic mass is 10.1. The van der Waals surface area contributed by atoms with Crippen LogP contribution in [0.5, 0.6) is 0 Å². The molecular formula is C17H23BrN2S. The molecule has 2 aromatic rings. The summed E-state index contributed by atoms with van der Waals surface area (Å²) in [6, 6.07) is 11.6. The Morgan fingerprint density at radius 2 is 1.95 bits per heavy atom. The minimum atomic E-state index is 0.573. The van der Waals surface area contributed by atoms with Gasteiger partial charge in [-0.05, 0) is 54.0 Å². The molecule has 1 aromatic heterocycles. The number of benzene rings is 1. The third-order valence-electron chi connectivity index (χ3n) is 3.56. The number of halogens is 1. The van der Waals surface area contributed by atoms with E-state index in [1.54, 1.807) is 11.3 Å². The van der Waals surface area contributed by atoms with Crippen LogP contribution in [0.15, 0.2) is 40.2 Å². The molecule has 0 bridgehead atoms. The fourth-order valence-electron chi connectivity index (χ4n) is 2.09. The van der Waals surface area contributed by atoms with Crippen molar-refractivity contribution in [2.24, 2.45) is 0 Å². The van der Waals surface area contributed by atoms with Gasteiger partial charge in [-0.15, -0.1) is 11.3 Å². The molecule has 1 aromatic carbocycles. The van der Waals surface area contributed by atoms with Crippen LogP contribution in [-0.2, 0) is 19.6 Å². The van der Waals surface area contributed by atoms with Crippen molar-refractivity contribution in [2.45, 2.75) is 39.5 Å². The second kappa shape index (κ2) is 8.08. The zero-order valence-corrected chi connectivity index (χ0v) is 15.3. The van der Waals surface area contributed by atoms with Gasteiger partial charge < -0.3 is 5.32 Å². The molecule has 0 aliphatic carbocycles. The number of rotatable bonds is 7. The normalized spacial score (nSPS) is 11.5. The first-order valence-electron chi connectivity index (χ1n) is 7.26. The highest BCUT2D eigenvalue weighted by molar-refractivity contribution is 9.10. The fraction of sp³-hybridized carbons (Fsp3) is 0.412. The Balaban J connectivity index is 1.86. The number of hydrogen-bond acceptors (Lipinski definition) is 3. The second-order valence-electron chi connectivity index (χ2n) is 5.66. The largest absolute Gasteiger partial charge is 0.308 e. The van der Waals surface area contributed by atoms with E-state index in [1.165, 1.54) is 20.5 Å². The summed E-state index contributed by atoms with van der Waals surface area (Å²) in [5, 5.41) is 5.63. The third-order valence-corrected chi connectivity index (χ3v) is 5.25. The molecule has 21 heavy (non-hydrogen) atoms. The zero-order chi connectivity index (χ0) is 15.2. The predicted octanol–water partition coefficient (Wildman–Crippen LogP) is 4.64. The number of nitrogens with zero attached hydrogens (tertiary/aromatic N) is 1. The Morgan fingerprint density at radius 1 is 1.19 bits per heavy atom. The Morgan fingerprint density at radius 3 is 2.62 bits per heavy atom. The molecule has 1 N–H and O–H groups in total. The molecular weight excluding hydrogens is 344 g/mol. The molecule has 0 amide bonds. The molecule has 0 fully saturated rings. The lowest BCUT2D eigenvalue weighted by molar-refractivity contribution is 0.266. The summed E-state index contributed by atoms with van der Waals surface area (Å²) in [7, 11) is 2.17. The van der Waals surface area contributed by atoms with E-state index in [1.807, 2.05) is 0 Å². The van der Waals surface area contributed by atoms with Gasteiger partial charge in [0.05, 0.1) is 0 Å². The van der Waals surface area contributed by atoms with Crippen LogP contribution in [0.2, 0.25) is 0 Å². The van der Waals surface area contributed by atoms with Crippen molar-refractivity contribution in [3.63, 3.8) is 0 Å². The predicted molar refractivity (Wildman–Crippen MR) is 95.6 cm³/mol. The lowest BCUT2D eigenvalue weighted by Crippen LogP contribution is -2.25. The van der Waals surface area contributed by atoms with E-state index in [0.29, 0.717) is 6.04 Å². The van der Waals surface area contributed by atoms with Crippen molar-refractivity contribution >= 4 is 27.3 Å². The van der Waals surface area contributed by atoms with Crippen molar-refractivity contribution in [3.05, 3.63) is 56.2 Å². The Bertz CT molecular complexity index is 565. The quantitative estimate of drug-likeness (QED) is 0.767. The van der Waals surface area contributed by atoms with Gasteiger partial charge in [0.1, 0.15) is 0 Å². The topological polar surface area (TPSA) is 15.3 Å². The van der Waals surface area contributed by atoms with Crippen molar-refractivity contribution in [2.75, 3.05) is 7.05 Å². The monoisotopic (exact) mass is 366 g/mol. The minimum Gasteiger partial charge on any atom is -0.308 e. The van der Waals surface area contributed by atoms with Gasteiger partial charge in [-0.3, -0.25) is 4.90 Å². The molecule has 0 unspecified atom stereocenters. The van der Waals surface area contributed by atoms with E-state index in [0.717, 1.165) is 19.6 Å². The SMILES string of the molecule is CC(C)N(C)Cc1cccc(CNCc2cc(Br)cs2)c1. The smallest absolute Gasteiger partial charge is 0.0303 e. The summed E-state index contributed by atoms with van der Waals surface area (Å²) in [6.07, 6.45) is 0. The van der Waals surface area contributed by atoms with Gasteiger partial charge in [-0.2, -0.15) is 0 Å². The second-order valence-corrected chi connectivity index (χ2v) is 7.58. The van der Waals surface area contributed by atoms with Crippen molar-refractivity contribution in [1.29, 1.82) is 0 Å². The van der Waals surface area contributed by atoms with Gasteiger partial charge >= 0.3 is 0 Å². The minimum absolute atomic E-state index is 0.573. The van der Waals surface area contributed by atoms with Gasteiger partial charge in [-0.25, -0.2) is 0 Å². The lowest BCUT2D eigenvalue weighted by Gasteiger charge is -2.21. The Hall–Kier alpha value is -0.680. The first-order valence-corrected chi connectivity index (χ1v) is 8.93. The molecule has 2 rings (SSSR count). The molecule has 0 aliphatic rings. The van der Waals surface area contributed by atoms with Crippen LogP contribution in [0.25, 0.3) is 0 Å². The molecule has 0 atom stereocenters. The van der Waals surface area contributed by atoms with Crippen molar-refractivity contribution in [3.8, 4) is 0 Å². The average molecular weight is 367 g/mol. The molecule has 0 radical (unpaired) electrons. The molecule has 0 saturated carbocycles. The maximum atomic E-state index is 3.51. The van der Waals surface area contributed by atoms with Crippen LogP contribution < -0.4 is 5.32 Å². The molecule has 0 spiro atoms. The van der Waals surface area contributed by atoms with Crippen LogP contribution in [0.3, 0.4) is 0 Å². The van der Waals surface area contributed by atoms with Crippen molar-refractivity contribution < 1.29 is 0 Å². The summed E-state index contributed by atoms with van der Waals surface area (Å²) >= 11 is 5.27. The zero-order valence-electron chi connectivity index (χ0n) is 12.9. The van der Waals surface area contributed by atoms with Gasteiger partial charge in [0.15, 0.2) is 0 Å². The van der Waals surface area contributed by atoms with Crippen LogP contribution in [-0.4, -0.2) is 18.0 Å². The van der Waals surface area contributed by atoms with Crippen LogP contribution >= 0.6 is 27.3 Å². The summed E-state index contributed by atoms with van der Waals surface area (Å²) < 4.78 is 1.17. The molecule has 2 nitrogen and oxygen atoms in total. The highest BCUT2D eigenvalue weighted by Gasteiger charge is 2.05. The number of thiophene rings is 1. The number of nitrogens with one attached hydrogen (secondary N) is 1. The summed E-state index contributed by atoms with van der Waals surface area (Å²) in [5.74, 6) is 0. The molecule has 0 aliphatic heterocycles. The Labute approximate surface area is 140 Å². The van der Waals surface area contributed by atoms with E-state index in [2.05, 4.69) is 82.8 Å². The highest BCUT2D eigenvalue weighted by Crippen LogP contribution is 2.19. The molecule has 1 heterocycles. The van der Waals surface area contributed by atoms with E-state index in [4.69, 9.17) is 0 Å². The summed E-state index contributed by atoms with van der Waals surface area (Å²) in [5.41, 5.74) is 2.73. The van der Waals surface area contributed by atoms with E-state index >= 15 is 0 Å². The van der Waals surface area contributed by atoms with Gasteiger partial charge in [-0.1, -0.05) is 24.3 Å². The average Bonchev–Trinajstić information content (AvgIpc) is 2.85. The third kappa shape index (κ3) is 5.55. The Kier molecular flexibility index (Phi) is 6.42. The first kappa shape index (κ1) is 16.7. The highest BCUT2D eigenvalue weighted by atomic mass is 79.9. The maximum Gasteiger partial charge on any atom is 0.0303 e. The maximum absolute atomic E-state index is 3.51. The molecule has 4 heteroatoms. The molecule has 0 saturated heterocycles. The first-order chi connectivity index (χ1) is 10.0. The van der Waals surface area contributed by atoms with E-state index in [9.17, 15) is 0 Å². The summed E-state index contributed by atoms with van der Waals surface area (Å²) in [4.78, 5) is 3.72. The molecule has 114 valence electrons. The van der Waals surface area contributed by atoms with E-state index < -0.39 is 0 Å². The van der Waals surface area contributed by atoms with Gasteiger partial charge in [0, 0.05) is 40.4 Å².